The van der Waals surface area contributed by atoms with Gasteiger partial charge in [0.05, 0.1) is 16.9 Å². The second-order valence-electron chi connectivity index (χ2n) is 2.51. The number of hydrazine groups is 1. The van der Waals surface area contributed by atoms with Crippen LogP contribution in [0.3, 0.4) is 0 Å². The summed E-state index contributed by atoms with van der Waals surface area (Å²) in [5.74, 6) is 6.05. The molecule has 1 heterocycles. The molecule has 3 N–H and O–H groups in total. The van der Waals surface area contributed by atoms with Crippen molar-refractivity contribution in [3.63, 3.8) is 0 Å². The third-order valence-electron chi connectivity index (χ3n) is 1.54. The highest BCUT2D eigenvalue weighted by molar-refractivity contribution is 9.11. The second kappa shape index (κ2) is 6.13. The molecular weight excluding hydrogens is 266 g/mol. The first kappa shape index (κ1) is 11.6. The Hall–Kier alpha value is -0.430. The molecule has 0 atom stereocenters. The number of ether oxygens (including phenoxy) is 1. The molecule has 0 aliphatic rings. The van der Waals surface area contributed by atoms with Gasteiger partial charge in [-0.05, 0) is 22.0 Å². The van der Waals surface area contributed by atoms with Gasteiger partial charge in [0.15, 0.2) is 0 Å². The van der Waals surface area contributed by atoms with E-state index in [1.54, 1.807) is 18.4 Å². The van der Waals surface area contributed by atoms with E-state index in [0.717, 1.165) is 9.35 Å². The number of aliphatic imine (C=N–C) groups is 1. The van der Waals surface area contributed by atoms with Crippen molar-refractivity contribution in [2.75, 3.05) is 20.3 Å². The van der Waals surface area contributed by atoms with Crippen molar-refractivity contribution in [1.29, 1.82) is 0 Å². The summed E-state index contributed by atoms with van der Waals surface area (Å²) in [4.78, 5) is 4.26. The largest absolute Gasteiger partial charge is 0.383 e. The lowest BCUT2D eigenvalue weighted by Crippen LogP contribution is -2.31. The number of halogens is 1. The van der Waals surface area contributed by atoms with Crippen LogP contribution >= 0.6 is 27.3 Å². The SMILES string of the molecule is COCCN=C(NN)c1csc(Br)c1. The second-order valence-corrected chi connectivity index (χ2v) is 4.80. The van der Waals surface area contributed by atoms with Gasteiger partial charge in [-0.3, -0.25) is 4.99 Å². The zero-order valence-electron chi connectivity index (χ0n) is 7.79. The highest BCUT2D eigenvalue weighted by atomic mass is 79.9. The van der Waals surface area contributed by atoms with Crippen LogP contribution in [0.5, 0.6) is 0 Å². The topological polar surface area (TPSA) is 59.6 Å². The van der Waals surface area contributed by atoms with Crippen molar-refractivity contribution in [3.05, 3.63) is 20.8 Å². The number of hydrogen-bond acceptors (Lipinski definition) is 4. The predicted octanol–water partition coefficient (Wildman–Crippen LogP) is 1.37. The van der Waals surface area contributed by atoms with Crippen molar-refractivity contribution in [3.8, 4) is 0 Å². The average molecular weight is 278 g/mol. The van der Waals surface area contributed by atoms with E-state index in [2.05, 4.69) is 26.3 Å². The van der Waals surface area contributed by atoms with Crippen LogP contribution < -0.4 is 11.3 Å². The summed E-state index contributed by atoms with van der Waals surface area (Å²) in [5.41, 5.74) is 3.56. The van der Waals surface area contributed by atoms with Crippen molar-refractivity contribution >= 4 is 33.1 Å². The molecule has 0 spiro atoms. The average Bonchev–Trinajstić information content (AvgIpc) is 2.60. The fourth-order valence-corrected chi connectivity index (χ4v) is 2.04. The Bertz CT molecular complexity index is 313. The maximum absolute atomic E-state index is 5.36. The molecule has 14 heavy (non-hydrogen) atoms. The summed E-state index contributed by atoms with van der Waals surface area (Å²) < 4.78 is 5.95. The summed E-state index contributed by atoms with van der Waals surface area (Å²) in [5, 5.41) is 1.98. The summed E-state index contributed by atoms with van der Waals surface area (Å²) in [6, 6.07) is 1.97. The third-order valence-corrected chi connectivity index (χ3v) is 3.05. The molecule has 0 aromatic carbocycles. The number of nitrogens with one attached hydrogen (secondary N) is 1. The Labute approximate surface area is 95.3 Å². The first-order valence-electron chi connectivity index (χ1n) is 4.02. The van der Waals surface area contributed by atoms with E-state index < -0.39 is 0 Å². The van der Waals surface area contributed by atoms with Crippen molar-refractivity contribution in [1.82, 2.24) is 5.43 Å². The van der Waals surface area contributed by atoms with Gasteiger partial charge in [-0.1, -0.05) is 0 Å². The molecule has 0 amide bonds. The van der Waals surface area contributed by atoms with E-state index in [9.17, 15) is 0 Å². The van der Waals surface area contributed by atoms with Crippen LogP contribution in [0.1, 0.15) is 5.56 Å². The molecular formula is C8H12BrN3OS. The molecule has 0 saturated heterocycles. The number of rotatable bonds is 4. The quantitative estimate of drug-likeness (QED) is 0.287. The number of nitrogens with two attached hydrogens (primary N) is 1. The minimum Gasteiger partial charge on any atom is -0.383 e. The van der Waals surface area contributed by atoms with Crippen LogP contribution in [0.2, 0.25) is 0 Å². The maximum atomic E-state index is 5.36. The minimum absolute atomic E-state index is 0.594. The van der Waals surface area contributed by atoms with Crippen LogP contribution in [0, 0.1) is 0 Å². The van der Waals surface area contributed by atoms with Crippen LogP contribution in [-0.2, 0) is 4.74 Å². The Kier molecular flexibility index (Phi) is 5.10. The van der Waals surface area contributed by atoms with E-state index in [0.29, 0.717) is 19.0 Å². The number of amidine groups is 1. The van der Waals surface area contributed by atoms with Crippen molar-refractivity contribution < 1.29 is 4.74 Å². The summed E-state index contributed by atoms with van der Waals surface area (Å²) in [6.45, 7) is 1.19. The van der Waals surface area contributed by atoms with Crippen LogP contribution in [0.15, 0.2) is 20.2 Å². The number of thiophene rings is 1. The van der Waals surface area contributed by atoms with Gasteiger partial charge < -0.3 is 10.2 Å². The highest BCUT2D eigenvalue weighted by Gasteiger charge is 2.03. The molecule has 78 valence electrons. The molecule has 1 rings (SSSR count). The summed E-state index contributed by atoms with van der Waals surface area (Å²) in [7, 11) is 1.65. The first-order chi connectivity index (χ1) is 6.77. The Balaban J connectivity index is 2.66. The smallest absolute Gasteiger partial charge is 0.143 e. The minimum atomic E-state index is 0.594. The molecule has 0 fully saturated rings. The normalized spacial score (nSPS) is 11.8. The molecule has 0 aliphatic heterocycles. The molecule has 1 aromatic heterocycles. The number of nitrogens with zero attached hydrogens (tertiary/aromatic N) is 1. The molecule has 0 radical (unpaired) electrons. The van der Waals surface area contributed by atoms with E-state index in [4.69, 9.17) is 10.6 Å². The van der Waals surface area contributed by atoms with Gasteiger partial charge >= 0.3 is 0 Å². The van der Waals surface area contributed by atoms with Gasteiger partial charge in [-0.2, -0.15) is 0 Å². The van der Waals surface area contributed by atoms with Crippen molar-refractivity contribution in [2.45, 2.75) is 0 Å². The first-order valence-corrected chi connectivity index (χ1v) is 5.69. The van der Waals surface area contributed by atoms with Gasteiger partial charge in [0.2, 0.25) is 0 Å². The van der Waals surface area contributed by atoms with Gasteiger partial charge in [0.25, 0.3) is 0 Å². The van der Waals surface area contributed by atoms with Crippen LogP contribution in [0.4, 0.5) is 0 Å². The fourth-order valence-electron chi connectivity index (χ4n) is 0.903. The molecule has 0 aliphatic carbocycles. The molecule has 0 saturated carbocycles. The standard InChI is InChI=1S/C8H12BrN3OS/c1-13-3-2-11-8(12-10)6-4-7(9)14-5-6/h4-5H,2-3,10H2,1H3,(H,11,12). The van der Waals surface area contributed by atoms with Gasteiger partial charge in [-0.15, -0.1) is 11.3 Å². The summed E-state index contributed by atoms with van der Waals surface area (Å²) >= 11 is 4.98. The lowest BCUT2D eigenvalue weighted by atomic mass is 10.3. The Morgan fingerprint density at radius 1 is 1.79 bits per heavy atom. The van der Waals surface area contributed by atoms with Gasteiger partial charge in [0, 0.05) is 18.1 Å². The van der Waals surface area contributed by atoms with E-state index in [1.807, 2.05) is 11.4 Å². The highest BCUT2D eigenvalue weighted by Crippen LogP contribution is 2.20. The Morgan fingerprint density at radius 3 is 3.07 bits per heavy atom. The lowest BCUT2D eigenvalue weighted by Gasteiger charge is -2.02. The lowest BCUT2D eigenvalue weighted by molar-refractivity contribution is 0.208. The van der Waals surface area contributed by atoms with Gasteiger partial charge in [-0.25, -0.2) is 5.84 Å². The van der Waals surface area contributed by atoms with E-state index in [-0.39, 0.29) is 0 Å². The van der Waals surface area contributed by atoms with Crippen molar-refractivity contribution in [2.24, 2.45) is 10.8 Å². The summed E-state index contributed by atoms with van der Waals surface area (Å²) in [6.07, 6.45) is 0. The van der Waals surface area contributed by atoms with E-state index >= 15 is 0 Å². The monoisotopic (exact) mass is 277 g/mol. The molecule has 6 heteroatoms. The molecule has 0 bridgehead atoms. The Morgan fingerprint density at radius 2 is 2.57 bits per heavy atom. The molecule has 0 unspecified atom stereocenters. The third kappa shape index (κ3) is 3.38. The molecule has 4 nitrogen and oxygen atoms in total. The van der Waals surface area contributed by atoms with Crippen LogP contribution in [0.25, 0.3) is 0 Å². The number of methoxy groups -OCH3 is 1. The zero-order valence-corrected chi connectivity index (χ0v) is 10.2. The molecule has 1 aromatic rings. The van der Waals surface area contributed by atoms with Gasteiger partial charge in [0.1, 0.15) is 5.84 Å². The van der Waals surface area contributed by atoms with Crippen LogP contribution in [-0.4, -0.2) is 26.1 Å². The van der Waals surface area contributed by atoms with E-state index in [1.165, 1.54) is 0 Å². The fraction of sp³-hybridized carbons (Fsp3) is 0.375. The maximum Gasteiger partial charge on any atom is 0.143 e. The number of hydrogen-bond donors (Lipinski definition) is 2. The predicted molar refractivity (Wildman–Crippen MR) is 62.6 cm³/mol. The zero-order chi connectivity index (χ0) is 10.4.